The quantitative estimate of drug-likeness (QED) is 0.645. The van der Waals surface area contributed by atoms with Crippen LogP contribution in [0, 0.1) is 0 Å². The van der Waals surface area contributed by atoms with Crippen LogP contribution in [0.15, 0.2) is 23.1 Å². The number of benzene rings is 1. The first kappa shape index (κ1) is 21.6. The summed E-state index contributed by atoms with van der Waals surface area (Å²) in [5.41, 5.74) is 0.264. The number of aliphatic hydroxyl groups is 1. The largest absolute Gasteiger partial charge is 0.492 e. The summed E-state index contributed by atoms with van der Waals surface area (Å²) in [7, 11) is -7.73. The number of hydrogen-bond acceptors (Lipinski definition) is 7. The number of hydrogen-bond donors (Lipinski definition) is 2. The Balaban J connectivity index is 2.53. The van der Waals surface area contributed by atoms with Gasteiger partial charge in [-0.1, -0.05) is 6.92 Å². The average molecular weight is 421 g/mol. The zero-order chi connectivity index (χ0) is 20.4. The van der Waals surface area contributed by atoms with Crippen molar-refractivity contribution in [1.82, 2.24) is 4.31 Å². The van der Waals surface area contributed by atoms with Gasteiger partial charge in [-0.3, -0.25) is 4.79 Å². The number of sulfone groups is 1. The lowest BCUT2D eigenvalue weighted by Gasteiger charge is -2.29. The number of ether oxygens (including phenoxy) is 1. The molecule has 1 heterocycles. The van der Waals surface area contributed by atoms with E-state index in [1.54, 1.807) is 13.8 Å². The third-order valence-corrected chi connectivity index (χ3v) is 7.85. The Morgan fingerprint density at radius 1 is 1.33 bits per heavy atom. The first-order valence-electron chi connectivity index (χ1n) is 8.46. The van der Waals surface area contributed by atoms with E-state index in [4.69, 9.17) is 4.74 Å². The van der Waals surface area contributed by atoms with E-state index in [9.17, 15) is 26.7 Å². The van der Waals surface area contributed by atoms with Gasteiger partial charge in [-0.15, -0.1) is 0 Å². The minimum absolute atomic E-state index is 0.0322. The maximum atomic E-state index is 13.3. The van der Waals surface area contributed by atoms with Gasteiger partial charge in [-0.25, -0.2) is 16.8 Å². The Kier molecular flexibility index (Phi) is 6.51. The van der Waals surface area contributed by atoms with E-state index >= 15 is 0 Å². The second-order valence-electron chi connectivity index (χ2n) is 6.20. The normalized spacial score (nSPS) is 22.0. The zero-order valence-corrected chi connectivity index (χ0v) is 17.0. The highest BCUT2D eigenvalue weighted by Gasteiger charge is 2.44. The fourth-order valence-corrected chi connectivity index (χ4v) is 6.78. The van der Waals surface area contributed by atoms with Crippen LogP contribution in [0.25, 0.3) is 0 Å². The SMILES string of the molecule is CCOc1ccc(NC(C)=O)cc1S(=O)(=O)N(CC)C1CS(=O)(=O)CC1O. The maximum absolute atomic E-state index is 13.3. The van der Waals surface area contributed by atoms with Crippen LogP contribution in [0.1, 0.15) is 20.8 Å². The minimum atomic E-state index is -4.20. The molecule has 1 saturated heterocycles. The topological polar surface area (TPSA) is 130 Å². The number of likely N-dealkylation sites (N-methyl/N-ethyl adjacent to an activating group) is 1. The van der Waals surface area contributed by atoms with E-state index in [1.807, 2.05) is 0 Å². The summed E-state index contributed by atoms with van der Waals surface area (Å²) >= 11 is 0. The van der Waals surface area contributed by atoms with Crippen LogP contribution in [0.4, 0.5) is 5.69 Å². The molecule has 27 heavy (non-hydrogen) atoms. The third-order valence-electron chi connectivity index (χ3n) is 4.13. The second kappa shape index (κ2) is 8.13. The van der Waals surface area contributed by atoms with Crippen LogP contribution < -0.4 is 10.1 Å². The van der Waals surface area contributed by atoms with Gasteiger partial charge in [0.15, 0.2) is 9.84 Å². The molecule has 2 N–H and O–H groups in total. The number of rotatable bonds is 7. The van der Waals surface area contributed by atoms with Gasteiger partial charge in [0, 0.05) is 19.2 Å². The van der Waals surface area contributed by atoms with Crippen molar-refractivity contribution in [3.8, 4) is 5.75 Å². The molecule has 1 amide bonds. The molecule has 0 spiro atoms. The molecule has 1 aromatic rings. The van der Waals surface area contributed by atoms with Crippen molar-refractivity contribution in [2.75, 3.05) is 30.0 Å². The number of anilines is 1. The molecule has 1 aromatic carbocycles. The molecule has 1 aliphatic rings. The Labute approximate surface area is 159 Å². The molecule has 9 nitrogen and oxygen atoms in total. The molecule has 0 saturated carbocycles. The third kappa shape index (κ3) is 4.78. The lowest BCUT2D eigenvalue weighted by Crippen LogP contribution is -2.46. The van der Waals surface area contributed by atoms with Gasteiger partial charge in [-0.2, -0.15) is 4.31 Å². The van der Waals surface area contributed by atoms with Gasteiger partial charge in [-0.05, 0) is 25.1 Å². The van der Waals surface area contributed by atoms with Crippen LogP contribution in [0.2, 0.25) is 0 Å². The highest BCUT2D eigenvalue weighted by Crippen LogP contribution is 2.33. The summed E-state index contributed by atoms with van der Waals surface area (Å²) in [6, 6.07) is 3.12. The predicted molar refractivity (Wildman–Crippen MR) is 99.9 cm³/mol. The fraction of sp³-hybridized carbons (Fsp3) is 0.562. The van der Waals surface area contributed by atoms with E-state index in [0.29, 0.717) is 0 Å². The molecule has 0 aromatic heterocycles. The summed E-state index contributed by atoms with van der Waals surface area (Å²) in [5.74, 6) is -1.21. The van der Waals surface area contributed by atoms with Crippen LogP contribution in [0.5, 0.6) is 5.75 Å². The van der Waals surface area contributed by atoms with Gasteiger partial charge >= 0.3 is 0 Å². The van der Waals surface area contributed by atoms with Crippen molar-refractivity contribution in [1.29, 1.82) is 0 Å². The van der Waals surface area contributed by atoms with E-state index in [1.165, 1.54) is 25.1 Å². The van der Waals surface area contributed by atoms with Crippen molar-refractivity contribution >= 4 is 31.5 Å². The summed E-state index contributed by atoms with van der Waals surface area (Å²) in [6.45, 7) is 4.74. The number of carbonyl (C=O) groups is 1. The minimum Gasteiger partial charge on any atom is -0.492 e. The summed E-state index contributed by atoms with van der Waals surface area (Å²) in [6.07, 6.45) is -1.31. The summed E-state index contributed by atoms with van der Waals surface area (Å²) < 4.78 is 56.6. The second-order valence-corrected chi connectivity index (χ2v) is 10.2. The molecule has 0 aliphatic carbocycles. The monoisotopic (exact) mass is 420 g/mol. The Morgan fingerprint density at radius 2 is 2.00 bits per heavy atom. The lowest BCUT2D eigenvalue weighted by atomic mass is 10.2. The maximum Gasteiger partial charge on any atom is 0.247 e. The number of carbonyl (C=O) groups excluding carboxylic acids is 1. The predicted octanol–water partition coefficient (Wildman–Crippen LogP) is 0.212. The van der Waals surface area contributed by atoms with Gasteiger partial charge in [0.1, 0.15) is 10.6 Å². The molecule has 152 valence electrons. The van der Waals surface area contributed by atoms with Crippen LogP contribution in [-0.2, 0) is 24.7 Å². The van der Waals surface area contributed by atoms with E-state index in [2.05, 4.69) is 5.32 Å². The lowest BCUT2D eigenvalue weighted by molar-refractivity contribution is -0.114. The molecule has 2 rings (SSSR count). The molecule has 2 unspecified atom stereocenters. The first-order chi connectivity index (χ1) is 12.5. The first-order valence-corrected chi connectivity index (χ1v) is 11.7. The van der Waals surface area contributed by atoms with Crippen molar-refractivity contribution in [2.45, 2.75) is 37.8 Å². The van der Waals surface area contributed by atoms with Gasteiger partial charge in [0.25, 0.3) is 0 Å². The standard InChI is InChI=1S/C16H24N2O7S2/c1-4-18(13-9-26(21,22)10-14(13)20)27(23,24)16-8-12(17-11(3)19)6-7-15(16)25-5-2/h6-8,13-14,20H,4-5,9-10H2,1-3H3,(H,17,19). The van der Waals surface area contributed by atoms with Crippen molar-refractivity contribution in [3.05, 3.63) is 18.2 Å². The van der Waals surface area contributed by atoms with E-state index in [0.717, 1.165) is 4.31 Å². The van der Waals surface area contributed by atoms with E-state index in [-0.39, 0.29) is 35.4 Å². The van der Waals surface area contributed by atoms with Crippen molar-refractivity contribution in [3.63, 3.8) is 0 Å². The molecule has 0 radical (unpaired) electrons. The van der Waals surface area contributed by atoms with Gasteiger partial charge in [0.05, 0.1) is 30.3 Å². The highest BCUT2D eigenvalue weighted by atomic mass is 32.2. The van der Waals surface area contributed by atoms with Gasteiger partial charge < -0.3 is 15.2 Å². The number of nitrogens with one attached hydrogen (secondary N) is 1. The summed E-state index contributed by atoms with van der Waals surface area (Å²) in [4.78, 5) is 11.1. The van der Waals surface area contributed by atoms with E-state index < -0.39 is 43.5 Å². The summed E-state index contributed by atoms with van der Waals surface area (Å²) in [5, 5.41) is 12.6. The Hall–Kier alpha value is -1.69. The highest BCUT2D eigenvalue weighted by molar-refractivity contribution is 7.92. The van der Waals surface area contributed by atoms with Crippen LogP contribution in [-0.4, -0.2) is 69.0 Å². The molecule has 11 heteroatoms. The number of sulfonamides is 1. The molecular weight excluding hydrogens is 396 g/mol. The molecule has 2 atom stereocenters. The van der Waals surface area contributed by atoms with Crippen molar-refractivity contribution in [2.24, 2.45) is 0 Å². The molecule has 0 bridgehead atoms. The smallest absolute Gasteiger partial charge is 0.247 e. The fourth-order valence-electron chi connectivity index (χ4n) is 3.06. The number of aliphatic hydroxyl groups excluding tert-OH is 1. The Bertz CT molecular complexity index is 913. The molecular formula is C16H24N2O7S2. The average Bonchev–Trinajstić information content (AvgIpc) is 2.81. The number of amides is 1. The molecule has 1 aliphatic heterocycles. The van der Waals surface area contributed by atoms with Gasteiger partial charge in [0.2, 0.25) is 15.9 Å². The number of nitrogens with zero attached hydrogens (tertiary/aromatic N) is 1. The Morgan fingerprint density at radius 3 is 2.48 bits per heavy atom. The zero-order valence-electron chi connectivity index (χ0n) is 15.4. The molecule has 1 fully saturated rings. The van der Waals surface area contributed by atoms with Crippen LogP contribution >= 0.6 is 0 Å². The van der Waals surface area contributed by atoms with Crippen LogP contribution in [0.3, 0.4) is 0 Å². The van der Waals surface area contributed by atoms with Crippen molar-refractivity contribution < 1.29 is 31.5 Å².